The number of aromatic nitrogens is 4. The first-order valence-corrected chi connectivity index (χ1v) is 15.2. The Balaban J connectivity index is 1.45. The third kappa shape index (κ3) is 5.63. The molecule has 8 nitrogen and oxygen atoms in total. The molecular formula is C28H28ClN5O3S2. The molecule has 0 aliphatic carbocycles. The van der Waals surface area contributed by atoms with Crippen molar-refractivity contribution in [3.8, 4) is 22.5 Å². The van der Waals surface area contributed by atoms with Gasteiger partial charge < -0.3 is 4.52 Å². The third-order valence-electron chi connectivity index (χ3n) is 6.36. The molecule has 1 N–H and O–H groups in total. The molecule has 5 rings (SSSR count). The molecule has 0 saturated carbocycles. The Morgan fingerprint density at radius 2 is 1.82 bits per heavy atom. The zero-order valence-corrected chi connectivity index (χ0v) is 24.4. The largest absolute Gasteiger partial charge is 0.359 e. The minimum absolute atomic E-state index is 0.171. The van der Waals surface area contributed by atoms with Crippen LogP contribution in [0.1, 0.15) is 40.9 Å². The van der Waals surface area contributed by atoms with Gasteiger partial charge in [0, 0.05) is 45.1 Å². The fraction of sp³-hybridized carbons (Fsp3) is 0.250. The molecular weight excluding hydrogens is 554 g/mol. The molecule has 3 aromatic heterocycles. The van der Waals surface area contributed by atoms with E-state index in [4.69, 9.17) is 26.2 Å². The van der Waals surface area contributed by atoms with Gasteiger partial charge in [0.05, 0.1) is 0 Å². The van der Waals surface area contributed by atoms with E-state index in [1.165, 1.54) is 11.3 Å². The molecule has 0 spiro atoms. The van der Waals surface area contributed by atoms with E-state index < -0.39 is 10.0 Å². The monoisotopic (exact) mass is 581 g/mol. The Morgan fingerprint density at radius 3 is 2.49 bits per heavy atom. The van der Waals surface area contributed by atoms with Crippen LogP contribution in [0, 0.1) is 20.8 Å². The van der Waals surface area contributed by atoms with Gasteiger partial charge in [0.2, 0.25) is 0 Å². The van der Waals surface area contributed by atoms with Crippen molar-refractivity contribution in [2.75, 3.05) is 4.72 Å². The van der Waals surface area contributed by atoms with E-state index in [0.717, 1.165) is 34.8 Å². The van der Waals surface area contributed by atoms with E-state index in [1.54, 1.807) is 13.8 Å². The molecule has 0 amide bonds. The highest BCUT2D eigenvalue weighted by atomic mass is 35.5. The molecule has 0 bridgehead atoms. The van der Waals surface area contributed by atoms with Gasteiger partial charge in [0.15, 0.2) is 11.6 Å². The maximum Gasteiger partial charge on any atom is 0.273 e. The van der Waals surface area contributed by atoms with Gasteiger partial charge in [-0.3, -0.25) is 4.72 Å². The quantitative estimate of drug-likeness (QED) is 0.200. The van der Waals surface area contributed by atoms with E-state index in [-0.39, 0.29) is 10.0 Å². The molecule has 0 radical (unpaired) electrons. The second-order valence-corrected chi connectivity index (χ2v) is 12.8. The molecule has 0 atom stereocenters. The minimum atomic E-state index is -3.93. The number of hydrogen-bond acceptors (Lipinski definition) is 7. The summed E-state index contributed by atoms with van der Waals surface area (Å²) in [4.78, 5) is 5.66. The number of benzene rings is 2. The van der Waals surface area contributed by atoms with Crippen LogP contribution in [0.2, 0.25) is 5.02 Å². The van der Waals surface area contributed by atoms with E-state index >= 15 is 0 Å². The highest BCUT2D eigenvalue weighted by Crippen LogP contribution is 2.39. The highest BCUT2D eigenvalue weighted by molar-refractivity contribution is 7.94. The van der Waals surface area contributed by atoms with Gasteiger partial charge in [0.25, 0.3) is 10.0 Å². The number of rotatable bonds is 9. The van der Waals surface area contributed by atoms with Gasteiger partial charge >= 0.3 is 0 Å². The summed E-state index contributed by atoms with van der Waals surface area (Å²) in [6.45, 7) is 8.22. The van der Waals surface area contributed by atoms with Crippen LogP contribution < -0.4 is 4.72 Å². The summed E-state index contributed by atoms with van der Waals surface area (Å²) in [6.07, 6.45) is 1.47. The van der Waals surface area contributed by atoms with Crippen molar-refractivity contribution >= 4 is 38.8 Å². The maximum atomic E-state index is 13.4. The van der Waals surface area contributed by atoms with Crippen LogP contribution in [-0.4, -0.2) is 28.3 Å². The van der Waals surface area contributed by atoms with Crippen LogP contribution in [0.25, 0.3) is 22.5 Å². The Hall–Kier alpha value is -3.47. The van der Waals surface area contributed by atoms with E-state index in [9.17, 15) is 8.42 Å². The van der Waals surface area contributed by atoms with Crippen molar-refractivity contribution in [1.82, 2.24) is 19.9 Å². The second-order valence-electron chi connectivity index (χ2n) is 9.31. The number of anilines is 1. The third-order valence-corrected chi connectivity index (χ3v) is 9.59. The lowest BCUT2D eigenvalue weighted by Crippen LogP contribution is -2.13. The van der Waals surface area contributed by atoms with Gasteiger partial charge in [-0.2, -0.15) is 5.10 Å². The summed E-state index contributed by atoms with van der Waals surface area (Å²) in [5.74, 6) is 2.27. The Labute approximate surface area is 236 Å². The molecule has 11 heteroatoms. The summed E-state index contributed by atoms with van der Waals surface area (Å²) in [7, 11) is -3.93. The number of hydrogen-bond donors (Lipinski definition) is 1. The molecule has 202 valence electrons. The number of sulfonamides is 1. The molecule has 39 heavy (non-hydrogen) atoms. The molecule has 0 fully saturated rings. The normalized spacial score (nSPS) is 11.7. The first-order chi connectivity index (χ1) is 18.7. The lowest BCUT2D eigenvalue weighted by atomic mass is 10.0. The molecule has 0 aliphatic heterocycles. The average molecular weight is 582 g/mol. The van der Waals surface area contributed by atoms with Crippen LogP contribution in [0.15, 0.2) is 63.3 Å². The van der Waals surface area contributed by atoms with Crippen molar-refractivity contribution in [3.05, 3.63) is 87.2 Å². The van der Waals surface area contributed by atoms with Crippen molar-refractivity contribution in [3.63, 3.8) is 0 Å². The SMILES string of the molecule is CCCn1nc(-c2ccccc2)nc1Cc1ccc(-c2cc(C)sc2S(=O)(=O)Nc2noc(C)c2C)c(Cl)c1. The van der Waals surface area contributed by atoms with Crippen molar-refractivity contribution in [2.24, 2.45) is 0 Å². The maximum absolute atomic E-state index is 13.4. The molecule has 5 aromatic rings. The number of thiophene rings is 1. The minimum Gasteiger partial charge on any atom is -0.359 e. The van der Waals surface area contributed by atoms with Crippen LogP contribution >= 0.6 is 22.9 Å². The fourth-order valence-corrected chi connectivity index (χ4v) is 7.25. The lowest BCUT2D eigenvalue weighted by Gasteiger charge is -2.10. The summed E-state index contributed by atoms with van der Waals surface area (Å²) in [6, 6.07) is 17.4. The molecule has 3 heterocycles. The van der Waals surface area contributed by atoms with Crippen molar-refractivity contribution in [1.29, 1.82) is 0 Å². The zero-order valence-electron chi connectivity index (χ0n) is 22.0. The Kier molecular flexibility index (Phi) is 7.61. The Morgan fingerprint density at radius 1 is 1.05 bits per heavy atom. The average Bonchev–Trinajstić information content (AvgIpc) is 3.59. The smallest absolute Gasteiger partial charge is 0.273 e. The van der Waals surface area contributed by atoms with Crippen LogP contribution in [0.5, 0.6) is 0 Å². The predicted octanol–water partition coefficient (Wildman–Crippen LogP) is 7.04. The van der Waals surface area contributed by atoms with Crippen LogP contribution in [0.3, 0.4) is 0 Å². The molecule has 0 unspecified atom stereocenters. The standard InChI is InChI=1S/C28H28ClN5O3S2/c1-5-13-34-25(30-27(31-34)21-9-7-6-8-10-21)16-20-11-12-22(24(29)15-20)23-14-17(2)38-28(23)39(35,36)33-26-18(3)19(4)37-32-26/h6-12,14-15H,5,13,16H2,1-4H3,(H,32,33). The van der Waals surface area contributed by atoms with Crippen molar-refractivity contribution < 1.29 is 12.9 Å². The number of aryl methyl sites for hydroxylation is 3. The topological polar surface area (TPSA) is 103 Å². The first kappa shape index (κ1) is 27.1. The van der Waals surface area contributed by atoms with Gasteiger partial charge in [-0.15, -0.1) is 11.3 Å². The van der Waals surface area contributed by atoms with Gasteiger partial charge in [-0.05, 0) is 44.9 Å². The summed E-state index contributed by atoms with van der Waals surface area (Å²) >= 11 is 7.95. The summed E-state index contributed by atoms with van der Waals surface area (Å²) in [5, 5.41) is 9.03. The fourth-order valence-electron chi connectivity index (χ4n) is 4.24. The molecule has 0 aliphatic rings. The highest BCUT2D eigenvalue weighted by Gasteiger charge is 2.26. The van der Waals surface area contributed by atoms with Crippen LogP contribution in [-0.2, 0) is 23.0 Å². The Bertz CT molecular complexity index is 1740. The van der Waals surface area contributed by atoms with E-state index in [0.29, 0.717) is 39.7 Å². The summed E-state index contributed by atoms with van der Waals surface area (Å²) < 4.78 is 36.5. The predicted molar refractivity (Wildman–Crippen MR) is 155 cm³/mol. The van der Waals surface area contributed by atoms with E-state index in [1.807, 2.05) is 66.2 Å². The van der Waals surface area contributed by atoms with Gasteiger partial charge in [-0.1, -0.05) is 66.1 Å². The zero-order chi connectivity index (χ0) is 27.7. The van der Waals surface area contributed by atoms with Gasteiger partial charge in [-0.25, -0.2) is 18.1 Å². The second kappa shape index (κ2) is 11.0. The number of nitrogens with zero attached hydrogens (tertiary/aromatic N) is 4. The first-order valence-electron chi connectivity index (χ1n) is 12.5. The van der Waals surface area contributed by atoms with E-state index in [2.05, 4.69) is 16.8 Å². The number of halogens is 1. The number of nitrogens with one attached hydrogen (secondary N) is 1. The van der Waals surface area contributed by atoms with Crippen LogP contribution in [0.4, 0.5) is 5.82 Å². The van der Waals surface area contributed by atoms with Gasteiger partial charge in [0.1, 0.15) is 15.8 Å². The lowest BCUT2D eigenvalue weighted by molar-refractivity contribution is 0.399. The van der Waals surface area contributed by atoms with Crippen molar-refractivity contribution in [2.45, 2.75) is 51.3 Å². The summed E-state index contributed by atoms with van der Waals surface area (Å²) in [5.41, 5.74) is 3.74. The molecule has 0 saturated heterocycles. The molecule has 2 aromatic carbocycles.